The van der Waals surface area contributed by atoms with Crippen LogP contribution in [0.2, 0.25) is 0 Å². The first kappa shape index (κ1) is 15.6. The fourth-order valence-corrected chi connectivity index (χ4v) is 3.27. The van der Waals surface area contributed by atoms with Crippen molar-refractivity contribution in [3.63, 3.8) is 0 Å². The van der Waals surface area contributed by atoms with Gasteiger partial charge in [0, 0.05) is 4.47 Å². The summed E-state index contributed by atoms with van der Waals surface area (Å²) < 4.78 is 14.7. The van der Waals surface area contributed by atoms with Gasteiger partial charge in [-0.25, -0.2) is 4.39 Å². The highest BCUT2D eigenvalue weighted by Gasteiger charge is 2.14. The second kappa shape index (κ2) is 6.80. The van der Waals surface area contributed by atoms with Crippen LogP contribution in [0.25, 0.3) is 0 Å². The normalized spacial score (nSPS) is 12.4. The molecule has 2 aromatic rings. The number of benzene rings is 2. The van der Waals surface area contributed by atoms with Crippen LogP contribution in [0, 0.1) is 12.7 Å². The molecule has 0 saturated heterocycles. The predicted molar refractivity (Wildman–Crippen MR) is 86.7 cm³/mol. The van der Waals surface area contributed by atoms with Crippen molar-refractivity contribution in [3.05, 3.63) is 67.9 Å². The van der Waals surface area contributed by atoms with Gasteiger partial charge >= 0.3 is 0 Å². The lowest BCUT2D eigenvalue weighted by Crippen LogP contribution is -2.29. The monoisotopic (exact) mass is 400 g/mol. The van der Waals surface area contributed by atoms with Crippen LogP contribution >= 0.6 is 31.9 Å². The third kappa shape index (κ3) is 3.67. The van der Waals surface area contributed by atoms with E-state index >= 15 is 0 Å². The largest absolute Gasteiger partial charge is 0.271 e. The summed E-state index contributed by atoms with van der Waals surface area (Å²) in [6.07, 6.45) is 0.678. The number of rotatable bonds is 4. The van der Waals surface area contributed by atoms with Crippen LogP contribution < -0.4 is 11.3 Å². The summed E-state index contributed by atoms with van der Waals surface area (Å²) in [7, 11) is 0. The maximum Gasteiger partial charge on any atom is 0.137 e. The molecule has 0 radical (unpaired) electrons. The molecular formula is C15H15Br2FN2. The van der Waals surface area contributed by atoms with Crippen LogP contribution in [0.15, 0.2) is 45.3 Å². The van der Waals surface area contributed by atoms with Gasteiger partial charge in [0.15, 0.2) is 0 Å². The van der Waals surface area contributed by atoms with Crippen molar-refractivity contribution in [2.75, 3.05) is 0 Å². The Morgan fingerprint density at radius 2 is 1.90 bits per heavy atom. The minimum atomic E-state index is -0.262. The van der Waals surface area contributed by atoms with Crippen LogP contribution in [0.1, 0.15) is 22.7 Å². The topological polar surface area (TPSA) is 38.0 Å². The van der Waals surface area contributed by atoms with Crippen LogP contribution in [0.5, 0.6) is 0 Å². The lowest BCUT2D eigenvalue weighted by Gasteiger charge is -2.18. The highest BCUT2D eigenvalue weighted by molar-refractivity contribution is 9.10. The zero-order chi connectivity index (χ0) is 14.7. The first-order valence-corrected chi connectivity index (χ1v) is 7.76. The summed E-state index contributed by atoms with van der Waals surface area (Å²) in [4.78, 5) is 0. The van der Waals surface area contributed by atoms with E-state index in [1.54, 1.807) is 12.1 Å². The molecular weight excluding hydrogens is 387 g/mol. The molecule has 0 aliphatic heterocycles. The average molecular weight is 402 g/mol. The fraction of sp³-hybridized carbons (Fsp3) is 0.200. The fourth-order valence-electron chi connectivity index (χ4n) is 2.08. The van der Waals surface area contributed by atoms with Gasteiger partial charge in [0.25, 0.3) is 0 Å². The molecule has 0 spiro atoms. The predicted octanol–water partition coefficient (Wildman–Crippen LogP) is 4.41. The molecule has 106 valence electrons. The van der Waals surface area contributed by atoms with Crippen molar-refractivity contribution in [1.29, 1.82) is 0 Å². The average Bonchev–Trinajstić information content (AvgIpc) is 2.41. The van der Waals surface area contributed by atoms with Gasteiger partial charge in [-0.2, -0.15) is 0 Å². The smallest absolute Gasteiger partial charge is 0.137 e. The third-order valence-corrected chi connectivity index (χ3v) is 4.45. The van der Waals surface area contributed by atoms with Crippen molar-refractivity contribution in [3.8, 4) is 0 Å². The summed E-state index contributed by atoms with van der Waals surface area (Å²) in [5.74, 6) is 5.41. The van der Waals surface area contributed by atoms with Gasteiger partial charge in [-0.15, -0.1) is 0 Å². The molecule has 0 saturated carbocycles. The molecule has 2 aromatic carbocycles. The molecule has 0 aromatic heterocycles. The second-order valence-corrected chi connectivity index (χ2v) is 6.41. The lowest BCUT2D eigenvalue weighted by atomic mass is 9.98. The van der Waals surface area contributed by atoms with Crippen LogP contribution in [-0.4, -0.2) is 0 Å². The van der Waals surface area contributed by atoms with E-state index in [2.05, 4.69) is 43.4 Å². The molecule has 0 heterocycles. The molecule has 20 heavy (non-hydrogen) atoms. The van der Waals surface area contributed by atoms with Gasteiger partial charge in [-0.3, -0.25) is 11.3 Å². The Morgan fingerprint density at radius 3 is 2.50 bits per heavy atom. The molecule has 0 aliphatic carbocycles. The van der Waals surface area contributed by atoms with Gasteiger partial charge < -0.3 is 0 Å². The molecule has 1 atom stereocenters. The van der Waals surface area contributed by atoms with Crippen molar-refractivity contribution >= 4 is 31.9 Å². The number of aryl methyl sites for hydroxylation is 1. The maximum absolute atomic E-state index is 13.3. The van der Waals surface area contributed by atoms with E-state index in [4.69, 9.17) is 5.84 Å². The molecule has 0 bridgehead atoms. The van der Waals surface area contributed by atoms with E-state index in [0.717, 1.165) is 15.6 Å². The summed E-state index contributed by atoms with van der Waals surface area (Å²) >= 11 is 6.77. The molecule has 3 N–H and O–H groups in total. The van der Waals surface area contributed by atoms with E-state index in [0.29, 0.717) is 10.9 Å². The third-order valence-electron chi connectivity index (χ3n) is 3.16. The molecule has 0 fully saturated rings. The van der Waals surface area contributed by atoms with E-state index in [9.17, 15) is 4.39 Å². The Morgan fingerprint density at radius 1 is 1.15 bits per heavy atom. The number of hydrogen-bond donors (Lipinski definition) is 2. The highest BCUT2D eigenvalue weighted by Crippen LogP contribution is 2.28. The van der Waals surface area contributed by atoms with Crippen molar-refractivity contribution < 1.29 is 4.39 Å². The number of hydrogen-bond acceptors (Lipinski definition) is 2. The SMILES string of the molecule is Cc1ccc(C(Cc2ccc(F)c(Br)c2)NN)c(Br)c1. The van der Waals surface area contributed by atoms with Crippen molar-refractivity contribution in [2.45, 2.75) is 19.4 Å². The molecule has 5 heteroatoms. The number of hydrazine groups is 1. The van der Waals surface area contributed by atoms with Gasteiger partial charge in [0.05, 0.1) is 10.5 Å². The van der Waals surface area contributed by atoms with E-state index < -0.39 is 0 Å². The summed E-state index contributed by atoms with van der Waals surface area (Å²) in [5, 5.41) is 0. The molecule has 1 unspecified atom stereocenters. The van der Waals surface area contributed by atoms with E-state index in [-0.39, 0.29) is 11.9 Å². The lowest BCUT2D eigenvalue weighted by molar-refractivity contribution is 0.548. The Hall–Kier alpha value is -0.750. The van der Waals surface area contributed by atoms with Gasteiger partial charge in [-0.1, -0.05) is 34.1 Å². The van der Waals surface area contributed by atoms with Crippen LogP contribution in [0.4, 0.5) is 4.39 Å². The first-order chi connectivity index (χ1) is 9.51. The summed E-state index contributed by atoms with van der Waals surface area (Å²) in [6.45, 7) is 2.04. The van der Waals surface area contributed by atoms with Crippen LogP contribution in [0.3, 0.4) is 0 Å². The quantitative estimate of drug-likeness (QED) is 0.588. The number of halogens is 3. The molecule has 0 aliphatic rings. The second-order valence-electron chi connectivity index (χ2n) is 4.70. The minimum Gasteiger partial charge on any atom is -0.271 e. The Balaban J connectivity index is 2.26. The highest BCUT2D eigenvalue weighted by atomic mass is 79.9. The van der Waals surface area contributed by atoms with E-state index in [1.807, 2.05) is 19.1 Å². The summed E-state index contributed by atoms with van der Waals surface area (Å²) in [6, 6.07) is 11.1. The maximum atomic E-state index is 13.3. The molecule has 2 rings (SSSR count). The van der Waals surface area contributed by atoms with Gasteiger partial charge in [0.1, 0.15) is 5.82 Å². The van der Waals surface area contributed by atoms with E-state index in [1.165, 1.54) is 11.6 Å². The van der Waals surface area contributed by atoms with Gasteiger partial charge in [0.2, 0.25) is 0 Å². The van der Waals surface area contributed by atoms with Crippen molar-refractivity contribution in [2.24, 2.45) is 5.84 Å². The van der Waals surface area contributed by atoms with Crippen LogP contribution in [-0.2, 0) is 6.42 Å². The standard InChI is InChI=1S/C15H15Br2FN2/c1-9-2-4-11(12(16)6-9)15(20-19)8-10-3-5-14(18)13(17)7-10/h2-7,15,20H,8,19H2,1H3. The minimum absolute atomic E-state index is 0.0395. The number of nitrogens with one attached hydrogen (secondary N) is 1. The van der Waals surface area contributed by atoms with Gasteiger partial charge in [-0.05, 0) is 64.2 Å². The summed E-state index contributed by atoms with van der Waals surface area (Å²) in [5.41, 5.74) is 6.09. The Bertz CT molecular complexity index is 617. The number of nitrogens with two attached hydrogens (primary N) is 1. The molecule has 2 nitrogen and oxygen atoms in total. The Kier molecular flexibility index (Phi) is 5.32. The first-order valence-electron chi connectivity index (χ1n) is 6.17. The molecule has 0 amide bonds. The zero-order valence-electron chi connectivity index (χ0n) is 11.0. The Labute approximate surface area is 134 Å². The van der Waals surface area contributed by atoms with Crippen molar-refractivity contribution in [1.82, 2.24) is 5.43 Å². The zero-order valence-corrected chi connectivity index (χ0v) is 14.1.